The first-order valence-electron chi connectivity index (χ1n) is 5.63. The lowest BCUT2D eigenvalue weighted by atomic mass is 10.2. The minimum Gasteiger partial charge on any atom is -0.320 e. The average molecular weight is 267 g/mol. The lowest BCUT2D eigenvalue weighted by Gasteiger charge is -2.20. The van der Waals surface area contributed by atoms with E-state index in [-0.39, 0.29) is 5.75 Å². The van der Waals surface area contributed by atoms with E-state index in [9.17, 15) is 8.42 Å². The van der Waals surface area contributed by atoms with Crippen LogP contribution in [0.3, 0.4) is 0 Å². The molecule has 0 aliphatic carbocycles. The SMILES string of the molecule is CNCCCS(=O)(=O)N(C)c1ccccc1C#N. The summed E-state index contributed by atoms with van der Waals surface area (Å²) in [7, 11) is -0.120. The molecule has 0 radical (unpaired) electrons. The molecule has 1 aromatic carbocycles. The highest BCUT2D eigenvalue weighted by molar-refractivity contribution is 7.92. The van der Waals surface area contributed by atoms with Crippen molar-refractivity contribution in [2.75, 3.05) is 30.7 Å². The molecule has 0 saturated carbocycles. The third-order valence-corrected chi connectivity index (χ3v) is 4.45. The van der Waals surface area contributed by atoms with Crippen molar-refractivity contribution in [2.45, 2.75) is 6.42 Å². The molecule has 0 aromatic heterocycles. The van der Waals surface area contributed by atoms with Gasteiger partial charge in [0.25, 0.3) is 0 Å². The van der Waals surface area contributed by atoms with E-state index >= 15 is 0 Å². The van der Waals surface area contributed by atoms with Crippen molar-refractivity contribution in [1.82, 2.24) is 5.32 Å². The van der Waals surface area contributed by atoms with E-state index < -0.39 is 10.0 Å². The smallest absolute Gasteiger partial charge is 0.234 e. The molecule has 0 amide bonds. The van der Waals surface area contributed by atoms with Crippen molar-refractivity contribution < 1.29 is 8.42 Å². The summed E-state index contributed by atoms with van der Waals surface area (Å²) in [5, 5.41) is 11.9. The van der Waals surface area contributed by atoms with Gasteiger partial charge in [0.1, 0.15) is 6.07 Å². The van der Waals surface area contributed by atoms with E-state index in [1.165, 1.54) is 11.4 Å². The summed E-state index contributed by atoms with van der Waals surface area (Å²) >= 11 is 0. The molecule has 0 unspecified atom stereocenters. The molecule has 5 nitrogen and oxygen atoms in total. The second-order valence-electron chi connectivity index (χ2n) is 3.87. The molecule has 1 N–H and O–H groups in total. The van der Waals surface area contributed by atoms with Crippen molar-refractivity contribution in [3.63, 3.8) is 0 Å². The third-order valence-electron chi connectivity index (χ3n) is 2.61. The molecule has 0 bridgehead atoms. The maximum Gasteiger partial charge on any atom is 0.234 e. The fourth-order valence-corrected chi connectivity index (χ4v) is 2.80. The molecule has 0 atom stereocenters. The van der Waals surface area contributed by atoms with Gasteiger partial charge in [-0.25, -0.2) is 8.42 Å². The standard InChI is InChI=1S/C12H17N3O2S/c1-14-8-5-9-18(16,17)15(2)12-7-4-3-6-11(12)10-13/h3-4,6-7,14H,5,8-9H2,1-2H3. The zero-order valence-electron chi connectivity index (χ0n) is 10.5. The van der Waals surface area contributed by atoms with Gasteiger partial charge in [-0.15, -0.1) is 0 Å². The third kappa shape index (κ3) is 3.45. The van der Waals surface area contributed by atoms with Gasteiger partial charge in [0.05, 0.1) is 17.0 Å². The van der Waals surface area contributed by atoms with Gasteiger partial charge in [0.15, 0.2) is 0 Å². The van der Waals surface area contributed by atoms with Gasteiger partial charge in [-0.2, -0.15) is 5.26 Å². The van der Waals surface area contributed by atoms with Gasteiger partial charge in [0, 0.05) is 7.05 Å². The van der Waals surface area contributed by atoms with Crippen molar-refractivity contribution in [1.29, 1.82) is 5.26 Å². The summed E-state index contributed by atoms with van der Waals surface area (Å²) in [5.74, 6) is 0.0596. The molecule has 0 heterocycles. The van der Waals surface area contributed by atoms with Gasteiger partial charge < -0.3 is 5.32 Å². The molecule has 0 fully saturated rings. The summed E-state index contributed by atoms with van der Waals surface area (Å²) < 4.78 is 25.3. The number of hydrogen-bond acceptors (Lipinski definition) is 4. The Morgan fingerprint density at radius 1 is 1.39 bits per heavy atom. The topological polar surface area (TPSA) is 73.2 Å². The first-order chi connectivity index (χ1) is 8.53. The second kappa shape index (κ2) is 6.38. The summed E-state index contributed by atoms with van der Waals surface area (Å²) in [6, 6.07) is 8.67. The molecule has 1 rings (SSSR count). The molecular formula is C12H17N3O2S. The van der Waals surface area contributed by atoms with Crippen molar-refractivity contribution in [2.24, 2.45) is 0 Å². The van der Waals surface area contributed by atoms with Gasteiger partial charge in [-0.3, -0.25) is 4.31 Å². The molecule has 0 saturated heterocycles. The van der Waals surface area contributed by atoms with Crippen molar-refractivity contribution in [3.8, 4) is 6.07 Å². The van der Waals surface area contributed by atoms with Crippen LogP contribution in [0.2, 0.25) is 0 Å². The van der Waals surface area contributed by atoms with Crippen LogP contribution in [-0.4, -0.2) is 34.8 Å². The quantitative estimate of drug-likeness (QED) is 0.778. The number of benzene rings is 1. The first-order valence-corrected chi connectivity index (χ1v) is 7.24. The maximum atomic E-state index is 12.1. The maximum absolute atomic E-state index is 12.1. The number of rotatable bonds is 6. The van der Waals surface area contributed by atoms with Crippen LogP contribution >= 0.6 is 0 Å². The molecular weight excluding hydrogens is 250 g/mol. The Hall–Kier alpha value is -1.58. The van der Waals surface area contributed by atoms with Crippen LogP contribution in [0, 0.1) is 11.3 Å². The van der Waals surface area contributed by atoms with E-state index in [1.807, 2.05) is 6.07 Å². The number of nitrogens with one attached hydrogen (secondary N) is 1. The van der Waals surface area contributed by atoms with Crippen LogP contribution in [0.15, 0.2) is 24.3 Å². The monoisotopic (exact) mass is 267 g/mol. The van der Waals surface area contributed by atoms with Crippen molar-refractivity contribution >= 4 is 15.7 Å². The molecule has 6 heteroatoms. The number of nitrogens with zero attached hydrogens (tertiary/aromatic N) is 2. The summed E-state index contributed by atoms with van der Waals surface area (Å²) in [5.41, 5.74) is 0.779. The number of para-hydroxylation sites is 1. The Bertz CT molecular complexity index is 534. The molecule has 1 aromatic rings. The highest BCUT2D eigenvalue weighted by Crippen LogP contribution is 2.21. The van der Waals surface area contributed by atoms with Crippen LogP contribution in [0.25, 0.3) is 0 Å². The van der Waals surface area contributed by atoms with Gasteiger partial charge in [0.2, 0.25) is 10.0 Å². The van der Waals surface area contributed by atoms with E-state index in [1.54, 1.807) is 31.3 Å². The Morgan fingerprint density at radius 2 is 2.06 bits per heavy atom. The van der Waals surface area contributed by atoms with Crippen LogP contribution < -0.4 is 9.62 Å². The minimum atomic E-state index is -3.38. The Balaban J connectivity index is 2.93. The lowest BCUT2D eigenvalue weighted by Crippen LogP contribution is -2.30. The van der Waals surface area contributed by atoms with E-state index in [4.69, 9.17) is 5.26 Å². The van der Waals surface area contributed by atoms with Crippen molar-refractivity contribution in [3.05, 3.63) is 29.8 Å². The average Bonchev–Trinajstić information content (AvgIpc) is 2.38. The predicted octanol–water partition coefficient (Wildman–Crippen LogP) is 0.934. The fourth-order valence-electron chi connectivity index (χ4n) is 1.56. The Labute approximate surface area is 108 Å². The largest absolute Gasteiger partial charge is 0.320 e. The summed E-state index contributed by atoms with van der Waals surface area (Å²) in [6.07, 6.45) is 0.540. The fraction of sp³-hybridized carbons (Fsp3) is 0.417. The van der Waals surface area contributed by atoms with E-state index in [0.717, 1.165) is 0 Å². The zero-order valence-corrected chi connectivity index (χ0v) is 11.4. The van der Waals surface area contributed by atoms with Crippen LogP contribution in [0.4, 0.5) is 5.69 Å². The molecule has 0 aliphatic rings. The summed E-state index contributed by atoms with van der Waals surface area (Å²) in [4.78, 5) is 0. The Morgan fingerprint density at radius 3 is 2.67 bits per heavy atom. The van der Waals surface area contributed by atoms with E-state index in [0.29, 0.717) is 24.2 Å². The van der Waals surface area contributed by atoms with Gasteiger partial charge in [-0.05, 0) is 32.1 Å². The van der Waals surface area contributed by atoms with Gasteiger partial charge in [-0.1, -0.05) is 12.1 Å². The first kappa shape index (κ1) is 14.5. The molecule has 0 aliphatic heterocycles. The second-order valence-corrected chi connectivity index (χ2v) is 5.99. The summed E-state index contributed by atoms with van der Waals surface area (Å²) in [6.45, 7) is 0.646. The Kier molecular flexibility index (Phi) is 5.13. The van der Waals surface area contributed by atoms with Crippen LogP contribution in [0.5, 0.6) is 0 Å². The minimum absolute atomic E-state index is 0.0596. The molecule has 18 heavy (non-hydrogen) atoms. The molecule has 98 valence electrons. The van der Waals surface area contributed by atoms with Crippen LogP contribution in [0.1, 0.15) is 12.0 Å². The van der Waals surface area contributed by atoms with Crippen LogP contribution in [-0.2, 0) is 10.0 Å². The predicted molar refractivity (Wildman–Crippen MR) is 71.9 cm³/mol. The highest BCUT2D eigenvalue weighted by atomic mass is 32.2. The normalized spacial score (nSPS) is 10.9. The number of sulfonamides is 1. The van der Waals surface area contributed by atoms with Gasteiger partial charge >= 0.3 is 0 Å². The number of nitriles is 1. The lowest BCUT2D eigenvalue weighted by molar-refractivity contribution is 0.590. The van der Waals surface area contributed by atoms with E-state index in [2.05, 4.69) is 5.32 Å². The molecule has 0 spiro atoms. The highest BCUT2D eigenvalue weighted by Gasteiger charge is 2.19. The number of anilines is 1. The number of hydrogen-bond donors (Lipinski definition) is 1. The zero-order chi connectivity index (χ0) is 13.6.